The summed E-state index contributed by atoms with van der Waals surface area (Å²) in [4.78, 5) is 59.3. The highest BCUT2D eigenvalue weighted by molar-refractivity contribution is 5.92. The average molecular weight is 606 g/mol. The molecule has 2 amide bonds. The van der Waals surface area contributed by atoms with Gasteiger partial charge in [0.25, 0.3) is 5.91 Å². The molecule has 3 atom stereocenters. The maximum absolute atomic E-state index is 14.2. The Kier molecular flexibility index (Phi) is 11.0. The quantitative estimate of drug-likeness (QED) is 0.365. The number of carbonyl (C=O) groups is 3. The standard InChI is InChI=1S/C34H47N5O5/c1-25(2)22-30-33(41)38-29(16-10-11-19-35-23-26-12-6-4-7-13-26)32(40)37(28-17-20-36(3)21-18-28)24-31(38)39(43-30)44-34(42)27-14-8-5-9-15-27/h4-9,12-15,25,28-31,35H,10-11,16-24H2,1-3H3/t29-,30+,31?/m0/s1. The third kappa shape index (κ3) is 7.85. The Morgan fingerprint density at radius 2 is 1.66 bits per heavy atom. The van der Waals surface area contributed by atoms with Crippen LogP contribution in [0.25, 0.3) is 0 Å². The molecule has 3 heterocycles. The maximum Gasteiger partial charge on any atom is 0.359 e. The van der Waals surface area contributed by atoms with E-state index in [1.807, 2.05) is 43.0 Å². The van der Waals surface area contributed by atoms with Gasteiger partial charge in [-0.3, -0.25) is 9.59 Å². The summed E-state index contributed by atoms with van der Waals surface area (Å²) in [6.45, 7) is 7.67. The molecular weight excluding hydrogens is 558 g/mol. The molecule has 238 valence electrons. The van der Waals surface area contributed by atoms with Gasteiger partial charge in [-0.25, -0.2) is 9.63 Å². The molecule has 3 aliphatic rings. The van der Waals surface area contributed by atoms with Crippen molar-refractivity contribution in [3.63, 3.8) is 0 Å². The Morgan fingerprint density at radius 1 is 0.977 bits per heavy atom. The molecule has 0 radical (unpaired) electrons. The molecule has 2 aromatic carbocycles. The monoisotopic (exact) mass is 605 g/mol. The van der Waals surface area contributed by atoms with E-state index in [1.165, 1.54) is 10.8 Å². The second-order valence-electron chi connectivity index (χ2n) is 12.7. The van der Waals surface area contributed by atoms with Crippen molar-refractivity contribution in [2.75, 3.05) is 33.2 Å². The number of nitrogens with one attached hydrogen (secondary N) is 1. The fourth-order valence-corrected chi connectivity index (χ4v) is 6.43. The van der Waals surface area contributed by atoms with Crippen molar-refractivity contribution in [3.05, 3.63) is 71.8 Å². The van der Waals surface area contributed by atoms with Crippen LogP contribution < -0.4 is 5.32 Å². The van der Waals surface area contributed by atoms with Crippen LogP contribution in [0.3, 0.4) is 0 Å². The Morgan fingerprint density at radius 3 is 2.34 bits per heavy atom. The number of fused-ring (bicyclic) bond motifs is 1. The van der Waals surface area contributed by atoms with Gasteiger partial charge in [0.2, 0.25) is 5.91 Å². The minimum absolute atomic E-state index is 0.0130. The number of nitrogens with zero attached hydrogens (tertiary/aromatic N) is 4. The van der Waals surface area contributed by atoms with E-state index in [-0.39, 0.29) is 30.3 Å². The first-order valence-electron chi connectivity index (χ1n) is 16.1. The van der Waals surface area contributed by atoms with E-state index in [9.17, 15) is 14.4 Å². The SMILES string of the molecule is CC(C)C[C@H]1ON(OC(=O)c2ccccc2)C2CN(C3CCN(C)CC3)C(=O)[C@H](CCCCNCc3ccccc3)N2C1=O. The van der Waals surface area contributed by atoms with E-state index in [0.29, 0.717) is 18.4 Å². The Labute approximate surface area is 261 Å². The molecular formula is C34H47N5O5. The highest BCUT2D eigenvalue weighted by Gasteiger charge is 2.54. The number of likely N-dealkylation sites (tertiary alicyclic amines) is 1. The normalized spacial score (nSPS) is 23.7. The molecule has 3 aliphatic heterocycles. The Hall–Kier alpha value is -3.31. The van der Waals surface area contributed by atoms with Crippen molar-refractivity contribution >= 4 is 17.8 Å². The van der Waals surface area contributed by atoms with Gasteiger partial charge in [0.1, 0.15) is 6.04 Å². The van der Waals surface area contributed by atoms with Crippen LogP contribution in [0.15, 0.2) is 60.7 Å². The number of rotatable bonds is 12. The maximum atomic E-state index is 14.2. The molecule has 1 unspecified atom stereocenters. The van der Waals surface area contributed by atoms with Gasteiger partial charge in [0, 0.05) is 17.8 Å². The summed E-state index contributed by atoms with van der Waals surface area (Å²) in [5.41, 5.74) is 1.62. The molecule has 10 heteroatoms. The van der Waals surface area contributed by atoms with Gasteiger partial charge >= 0.3 is 5.97 Å². The van der Waals surface area contributed by atoms with Gasteiger partial charge in [0.05, 0.1) is 12.1 Å². The first-order valence-corrected chi connectivity index (χ1v) is 16.1. The molecule has 0 aromatic heterocycles. The van der Waals surface area contributed by atoms with E-state index in [2.05, 4.69) is 29.4 Å². The lowest BCUT2D eigenvalue weighted by atomic mass is 9.95. The minimum Gasteiger partial charge on any atom is -0.335 e. The summed E-state index contributed by atoms with van der Waals surface area (Å²) >= 11 is 0. The van der Waals surface area contributed by atoms with Crippen molar-refractivity contribution in [2.45, 2.75) is 83.3 Å². The summed E-state index contributed by atoms with van der Waals surface area (Å²) in [5, 5.41) is 4.70. The Balaban J connectivity index is 1.34. The summed E-state index contributed by atoms with van der Waals surface area (Å²) in [7, 11) is 2.10. The molecule has 2 aromatic rings. The van der Waals surface area contributed by atoms with Crippen LogP contribution in [-0.2, 0) is 25.8 Å². The molecule has 0 bridgehead atoms. The predicted molar refractivity (Wildman–Crippen MR) is 167 cm³/mol. The second kappa shape index (κ2) is 15.1. The minimum atomic E-state index is -0.840. The number of hydrogen-bond acceptors (Lipinski definition) is 8. The third-order valence-corrected chi connectivity index (χ3v) is 8.84. The lowest BCUT2D eigenvalue weighted by Gasteiger charge is -2.54. The van der Waals surface area contributed by atoms with Crippen LogP contribution in [-0.4, -0.2) is 95.3 Å². The smallest absolute Gasteiger partial charge is 0.335 e. The molecule has 3 saturated heterocycles. The highest BCUT2D eigenvalue weighted by Crippen LogP contribution is 2.34. The topological polar surface area (TPSA) is 94.7 Å². The van der Waals surface area contributed by atoms with Crippen molar-refractivity contribution in [1.29, 1.82) is 0 Å². The molecule has 5 rings (SSSR count). The van der Waals surface area contributed by atoms with Crippen molar-refractivity contribution < 1.29 is 24.1 Å². The number of hydroxylamine groups is 2. The van der Waals surface area contributed by atoms with Gasteiger partial charge in [0.15, 0.2) is 12.3 Å². The van der Waals surface area contributed by atoms with E-state index < -0.39 is 24.3 Å². The van der Waals surface area contributed by atoms with Crippen LogP contribution in [0.2, 0.25) is 0 Å². The summed E-state index contributed by atoms with van der Waals surface area (Å²) in [6.07, 6.45) is 2.78. The summed E-state index contributed by atoms with van der Waals surface area (Å²) in [5.74, 6) is -0.621. The number of carbonyl (C=O) groups excluding carboxylic acids is 3. The number of benzene rings is 2. The molecule has 44 heavy (non-hydrogen) atoms. The molecule has 0 spiro atoms. The average Bonchev–Trinajstić information content (AvgIpc) is 3.02. The zero-order valence-electron chi connectivity index (χ0n) is 26.3. The lowest BCUT2D eigenvalue weighted by molar-refractivity contribution is -0.408. The van der Waals surface area contributed by atoms with E-state index >= 15 is 0 Å². The van der Waals surface area contributed by atoms with E-state index in [4.69, 9.17) is 9.68 Å². The Bertz CT molecular complexity index is 1240. The molecule has 0 aliphatic carbocycles. The number of piperidine rings is 1. The fourth-order valence-electron chi connectivity index (χ4n) is 6.43. The highest BCUT2D eigenvalue weighted by atomic mass is 17.0. The van der Waals surface area contributed by atoms with Gasteiger partial charge in [-0.1, -0.05) is 62.4 Å². The first-order chi connectivity index (χ1) is 21.3. The number of hydrogen-bond donors (Lipinski definition) is 1. The number of piperazine rings is 1. The van der Waals surface area contributed by atoms with Crippen LogP contribution in [0.1, 0.15) is 68.3 Å². The predicted octanol–water partition coefficient (Wildman–Crippen LogP) is 3.84. The molecule has 0 saturated carbocycles. The first kappa shape index (κ1) is 32.1. The fraction of sp³-hybridized carbons (Fsp3) is 0.559. The van der Waals surface area contributed by atoms with Gasteiger partial charge < -0.3 is 24.9 Å². The van der Waals surface area contributed by atoms with Gasteiger partial charge in [-0.2, -0.15) is 0 Å². The number of unbranched alkanes of at least 4 members (excludes halogenated alkanes) is 1. The zero-order chi connectivity index (χ0) is 31.1. The van der Waals surface area contributed by atoms with Crippen molar-refractivity contribution in [3.8, 4) is 0 Å². The van der Waals surface area contributed by atoms with Crippen molar-refractivity contribution in [1.82, 2.24) is 25.2 Å². The van der Waals surface area contributed by atoms with Crippen LogP contribution in [0, 0.1) is 5.92 Å². The van der Waals surface area contributed by atoms with Gasteiger partial charge in [-0.15, -0.1) is 0 Å². The second-order valence-corrected chi connectivity index (χ2v) is 12.7. The molecule has 10 nitrogen and oxygen atoms in total. The third-order valence-electron chi connectivity index (χ3n) is 8.84. The van der Waals surface area contributed by atoms with Crippen LogP contribution in [0.5, 0.6) is 0 Å². The lowest BCUT2D eigenvalue weighted by Crippen LogP contribution is -2.74. The molecule has 3 fully saturated rings. The molecule has 1 N–H and O–H groups in total. The summed E-state index contributed by atoms with van der Waals surface area (Å²) in [6, 6.07) is 18.4. The van der Waals surface area contributed by atoms with Crippen LogP contribution >= 0.6 is 0 Å². The van der Waals surface area contributed by atoms with Crippen molar-refractivity contribution in [2.24, 2.45) is 5.92 Å². The zero-order valence-corrected chi connectivity index (χ0v) is 26.3. The van der Waals surface area contributed by atoms with Crippen LogP contribution in [0.4, 0.5) is 0 Å². The largest absolute Gasteiger partial charge is 0.359 e. The van der Waals surface area contributed by atoms with E-state index in [1.54, 1.807) is 29.2 Å². The van der Waals surface area contributed by atoms with Gasteiger partial charge in [-0.05, 0) is 88.8 Å². The van der Waals surface area contributed by atoms with E-state index in [0.717, 1.165) is 51.9 Å². The number of amides is 2. The summed E-state index contributed by atoms with van der Waals surface area (Å²) < 4.78 is 0.